The first kappa shape index (κ1) is 91.4. The van der Waals surface area contributed by atoms with E-state index in [2.05, 4.69) is 250 Å². The highest BCUT2D eigenvalue weighted by Gasteiger charge is 2.50. The number of nitrogens with zero attached hydrogens (tertiary/aromatic N) is 4. The van der Waals surface area contributed by atoms with Gasteiger partial charge in [0.25, 0.3) is 0 Å². The minimum absolute atomic E-state index is 0.127. The van der Waals surface area contributed by atoms with Gasteiger partial charge in [0.15, 0.2) is 5.78 Å². The number of fused-ring (bicyclic) bond motifs is 12. The fourth-order valence-electron chi connectivity index (χ4n) is 24.6. The fraction of sp³-hybridized carbons (Fsp3) is 0.416. The summed E-state index contributed by atoms with van der Waals surface area (Å²) in [5.74, 6) is 0.127. The summed E-state index contributed by atoms with van der Waals surface area (Å²) in [4.78, 5) is 39.1. The Kier molecular flexibility index (Phi) is 29.8. The van der Waals surface area contributed by atoms with Crippen molar-refractivity contribution in [3.63, 3.8) is 0 Å². The van der Waals surface area contributed by atoms with E-state index in [1.54, 1.807) is 0 Å². The van der Waals surface area contributed by atoms with E-state index in [9.17, 15) is 0 Å². The molecule has 0 N–H and O–H groups in total. The van der Waals surface area contributed by atoms with Crippen molar-refractivity contribution in [2.24, 2.45) is 0 Å². The smallest absolute Gasteiger partial charge is 0.195 e. The Balaban J connectivity index is 0.984. The quantitative estimate of drug-likeness (QED) is 0.0356. The summed E-state index contributed by atoms with van der Waals surface area (Å²) in [6.07, 6.45) is 53.7. The standard InChI is InChI=1S/C125H144N4O/c1-9-17-25-37-69-122(70-38-26-18-10-2)105-81-89(113-49-33-45-77-126-113)53-61-97(105)101-65-57-93(85-109(101)122)117-118(94-58-66-102-98-62-54-90(114-50-34-46-78-127-114)82-106(98)123(110(102)86-94,71-39-27-19-11-3)72-40-28-20-12-4)120(96-60-68-104-100-64-56-92(116-52-36-48-80-129-116)84-108(100)125(112(104)88-96,75-43-31-23-15-7)76-44-32-24-16-8)121(130)119(117)95-59-67-103-99-63-55-91(115-51-35-47-79-128-115)83-107(99)124(111(103)87-95,73-41-29-21-13-5)74-42-30-22-14-6/h33-36,45-68,77-88H,9-32,37-44,69-76H2,1-8H3. The molecular weight excluding hydrogens is 1570 g/mol. The Bertz CT molecular complexity index is 5550. The zero-order chi connectivity index (χ0) is 89.4. The summed E-state index contributed by atoms with van der Waals surface area (Å²) in [5, 5.41) is 0. The van der Waals surface area contributed by atoms with E-state index >= 15 is 4.79 Å². The van der Waals surface area contributed by atoms with Gasteiger partial charge in [-0.05, 0) is 260 Å². The van der Waals surface area contributed by atoms with Crippen LogP contribution in [0.2, 0.25) is 0 Å². The molecule has 5 aliphatic carbocycles. The van der Waals surface area contributed by atoms with Gasteiger partial charge < -0.3 is 0 Å². The molecule has 0 spiro atoms. The van der Waals surface area contributed by atoms with Crippen LogP contribution in [0.3, 0.4) is 0 Å². The molecule has 670 valence electrons. The van der Waals surface area contributed by atoms with Crippen molar-refractivity contribution in [2.45, 2.75) is 334 Å². The van der Waals surface area contributed by atoms with Crippen LogP contribution in [0.5, 0.6) is 0 Å². The number of allylic oxidation sites excluding steroid dienone is 4. The largest absolute Gasteiger partial charge is 0.289 e. The monoisotopic (exact) mass is 1720 g/mol. The second-order valence-corrected chi connectivity index (χ2v) is 39.6. The average Bonchev–Trinajstić information content (AvgIpc) is 1.55. The van der Waals surface area contributed by atoms with Gasteiger partial charge in [-0.1, -0.05) is 382 Å². The van der Waals surface area contributed by atoms with E-state index in [0.717, 1.165) is 170 Å². The zero-order valence-corrected chi connectivity index (χ0v) is 80.1. The van der Waals surface area contributed by atoms with E-state index < -0.39 is 0 Å². The van der Waals surface area contributed by atoms with Crippen LogP contribution >= 0.6 is 0 Å². The normalized spacial score (nSPS) is 14.8. The van der Waals surface area contributed by atoms with Crippen LogP contribution < -0.4 is 0 Å². The molecule has 0 atom stereocenters. The number of pyridine rings is 4. The molecule has 130 heavy (non-hydrogen) atoms. The lowest BCUT2D eigenvalue weighted by Crippen LogP contribution is -2.26. The minimum atomic E-state index is -0.316. The van der Waals surface area contributed by atoms with Crippen molar-refractivity contribution in [3.05, 3.63) is 310 Å². The molecule has 0 bridgehead atoms. The van der Waals surface area contributed by atoms with Crippen LogP contribution in [0.1, 0.15) is 379 Å². The number of Topliss-reactive ketones (excluding diaryl/α,β-unsaturated/α-hetero) is 1. The average molecular weight is 1720 g/mol. The molecule has 0 fully saturated rings. The van der Waals surface area contributed by atoms with Gasteiger partial charge >= 0.3 is 0 Å². The zero-order valence-electron chi connectivity index (χ0n) is 80.1. The molecule has 8 aromatic carbocycles. The van der Waals surface area contributed by atoms with Crippen molar-refractivity contribution in [3.8, 4) is 89.5 Å². The lowest BCUT2D eigenvalue weighted by atomic mass is 9.69. The van der Waals surface area contributed by atoms with E-state index in [-0.39, 0.29) is 27.4 Å². The van der Waals surface area contributed by atoms with Gasteiger partial charge in [-0.25, -0.2) is 0 Å². The molecular formula is C125H144N4O. The molecule has 5 heteroatoms. The van der Waals surface area contributed by atoms with Gasteiger partial charge in [0.2, 0.25) is 0 Å². The first-order chi connectivity index (χ1) is 64.0. The second-order valence-electron chi connectivity index (χ2n) is 39.6. The highest BCUT2D eigenvalue weighted by atomic mass is 16.1. The van der Waals surface area contributed by atoms with Gasteiger partial charge in [0.05, 0.1) is 22.8 Å². The van der Waals surface area contributed by atoms with Crippen LogP contribution in [-0.2, 0) is 26.5 Å². The molecule has 4 aromatic heterocycles. The molecule has 12 aromatic rings. The van der Waals surface area contributed by atoms with Crippen molar-refractivity contribution in [1.82, 2.24) is 19.9 Å². The van der Waals surface area contributed by atoms with E-state index in [1.165, 1.54) is 265 Å². The highest BCUT2D eigenvalue weighted by molar-refractivity contribution is 6.59. The third-order valence-corrected chi connectivity index (χ3v) is 31.3. The number of aromatic nitrogens is 4. The highest BCUT2D eigenvalue weighted by Crippen LogP contribution is 2.64. The Labute approximate surface area is 780 Å². The molecule has 0 aliphatic heterocycles. The number of unbranched alkanes of at least 4 members (excludes halogenated alkanes) is 24. The summed E-state index contributed by atoms with van der Waals surface area (Å²) < 4.78 is 0. The van der Waals surface area contributed by atoms with E-state index in [4.69, 9.17) is 19.9 Å². The fourth-order valence-corrected chi connectivity index (χ4v) is 24.6. The predicted molar refractivity (Wildman–Crippen MR) is 552 cm³/mol. The summed E-state index contributed by atoms with van der Waals surface area (Å²) in [6.45, 7) is 18.9. The number of ketones is 1. The summed E-state index contributed by atoms with van der Waals surface area (Å²) in [7, 11) is 0. The van der Waals surface area contributed by atoms with Gasteiger partial charge in [-0.3, -0.25) is 24.7 Å². The van der Waals surface area contributed by atoms with Gasteiger partial charge in [-0.2, -0.15) is 0 Å². The van der Waals surface area contributed by atoms with Gasteiger partial charge in [0, 0.05) is 91.0 Å². The number of hydrogen-bond donors (Lipinski definition) is 0. The Morgan fingerprint density at radius 1 is 0.185 bits per heavy atom. The maximum absolute atomic E-state index is 18.9. The third-order valence-electron chi connectivity index (χ3n) is 31.3. The van der Waals surface area contributed by atoms with Crippen molar-refractivity contribution in [1.29, 1.82) is 0 Å². The first-order valence-electron chi connectivity index (χ1n) is 51.9. The van der Waals surface area contributed by atoms with E-state index in [0.29, 0.717) is 0 Å². The topological polar surface area (TPSA) is 68.6 Å². The molecule has 5 aliphatic rings. The molecule has 5 nitrogen and oxygen atoms in total. The van der Waals surface area contributed by atoms with Gasteiger partial charge in [-0.15, -0.1) is 0 Å². The van der Waals surface area contributed by atoms with Crippen LogP contribution in [0.4, 0.5) is 0 Å². The molecule has 17 rings (SSSR count). The number of carbonyl (C=O) groups excluding carboxylic acids is 1. The predicted octanol–water partition coefficient (Wildman–Crippen LogP) is 35.9. The summed E-state index contributed by atoms with van der Waals surface area (Å²) >= 11 is 0. The third kappa shape index (κ3) is 18.0. The second kappa shape index (κ2) is 42.4. The number of rotatable bonds is 48. The van der Waals surface area contributed by atoms with Crippen LogP contribution in [-0.4, -0.2) is 25.7 Å². The molecule has 4 heterocycles. The number of carbonyl (C=O) groups is 1. The minimum Gasteiger partial charge on any atom is -0.289 e. The van der Waals surface area contributed by atoms with Crippen LogP contribution in [0, 0.1) is 0 Å². The Morgan fingerprint density at radius 2 is 0.354 bits per heavy atom. The van der Waals surface area contributed by atoms with Crippen LogP contribution in [0.25, 0.3) is 112 Å². The Morgan fingerprint density at radius 3 is 0.523 bits per heavy atom. The van der Waals surface area contributed by atoms with Crippen molar-refractivity contribution in [2.75, 3.05) is 0 Å². The number of hydrogen-bond acceptors (Lipinski definition) is 5. The van der Waals surface area contributed by atoms with Gasteiger partial charge in [0.1, 0.15) is 0 Å². The maximum Gasteiger partial charge on any atom is 0.195 e. The molecule has 0 radical (unpaired) electrons. The molecule has 0 saturated carbocycles. The number of benzene rings is 8. The summed E-state index contributed by atoms with van der Waals surface area (Å²) in [6, 6.07) is 85.6. The lowest BCUT2D eigenvalue weighted by molar-refractivity contribution is -0.108. The molecule has 0 unspecified atom stereocenters. The molecule has 0 amide bonds. The van der Waals surface area contributed by atoms with Crippen molar-refractivity contribution < 1.29 is 4.79 Å². The SMILES string of the molecule is CCCCCCC1(CCCCCC)c2cc(C3=C(c4ccc5c(c4)C(CCCCCC)(CCCCCC)c4cc(-c6ccccn6)ccc4-5)C(c4ccc5c(c4)C(CCCCCC)(CCCCCC)c4cc(-c6ccccn6)ccc4-5)=C(c4ccc5c(c4)C(CCCCCC)(CCCCCC)c4cc(-c6ccccn6)ccc4-5)C3=O)ccc2-c2ccc(-c3ccccn3)cc21. The summed E-state index contributed by atoms with van der Waals surface area (Å²) in [5.41, 5.74) is 37.6. The van der Waals surface area contributed by atoms with Crippen molar-refractivity contribution >= 4 is 28.1 Å². The Hall–Kier alpha value is -10.5. The molecule has 0 saturated heterocycles. The lowest BCUT2D eigenvalue weighted by Gasteiger charge is -2.34. The maximum atomic E-state index is 18.9. The van der Waals surface area contributed by atoms with E-state index in [1.807, 2.05) is 49.1 Å². The first-order valence-corrected chi connectivity index (χ1v) is 51.9. The van der Waals surface area contributed by atoms with Crippen LogP contribution in [0.15, 0.2) is 243 Å².